The van der Waals surface area contributed by atoms with E-state index in [1.54, 1.807) is 43.3 Å². The van der Waals surface area contributed by atoms with Gasteiger partial charge in [-0.05, 0) is 62.4 Å². The molecule has 3 aromatic rings. The predicted octanol–water partition coefficient (Wildman–Crippen LogP) is 2.79. The lowest BCUT2D eigenvalue weighted by atomic mass is 10.1. The van der Waals surface area contributed by atoms with Crippen LogP contribution in [0.5, 0.6) is 5.75 Å². The van der Waals surface area contributed by atoms with Crippen LogP contribution in [0.3, 0.4) is 0 Å². The summed E-state index contributed by atoms with van der Waals surface area (Å²) in [5.74, 6) is -2.85. The molecule has 4 N–H and O–H groups in total. The van der Waals surface area contributed by atoms with E-state index >= 15 is 0 Å². The van der Waals surface area contributed by atoms with Crippen LogP contribution < -0.4 is 21.2 Å². The number of hydrogen-bond donors (Lipinski definition) is 3. The van der Waals surface area contributed by atoms with Gasteiger partial charge in [0.25, 0.3) is 0 Å². The molecule has 0 saturated heterocycles. The maximum atomic E-state index is 12.5. The first-order valence-corrected chi connectivity index (χ1v) is 10.2. The van der Waals surface area contributed by atoms with Gasteiger partial charge in [-0.15, -0.1) is 0 Å². The van der Waals surface area contributed by atoms with Crippen molar-refractivity contribution in [3.05, 3.63) is 95.1 Å². The van der Waals surface area contributed by atoms with E-state index < -0.39 is 23.7 Å². The van der Waals surface area contributed by atoms with Crippen molar-refractivity contribution in [2.24, 2.45) is 10.8 Å². The fourth-order valence-corrected chi connectivity index (χ4v) is 2.85. The molecule has 0 atom stereocenters. The molecule has 3 rings (SSSR count). The summed E-state index contributed by atoms with van der Waals surface area (Å²) in [5, 5.41) is 6.34. The van der Waals surface area contributed by atoms with E-state index in [9.17, 15) is 19.2 Å². The molecule has 0 aliphatic rings. The van der Waals surface area contributed by atoms with E-state index in [0.29, 0.717) is 22.5 Å². The number of aryl methyl sites for hydroxylation is 1. The number of carbonyl (C=O) groups is 4. The van der Waals surface area contributed by atoms with Crippen LogP contribution in [0.15, 0.2) is 77.9 Å². The highest BCUT2D eigenvalue weighted by atomic mass is 16.5. The molecule has 0 radical (unpaired) electrons. The van der Waals surface area contributed by atoms with Crippen LogP contribution in [0.4, 0.5) is 5.69 Å². The Kier molecular flexibility index (Phi) is 7.50. The summed E-state index contributed by atoms with van der Waals surface area (Å²) in [5.41, 5.74) is 10.1. The first-order chi connectivity index (χ1) is 16.2. The van der Waals surface area contributed by atoms with Crippen molar-refractivity contribution >= 4 is 35.1 Å². The average Bonchev–Trinajstić information content (AvgIpc) is 2.83. The molecule has 9 nitrogen and oxygen atoms in total. The SMILES string of the molecule is CC(=NNC(=O)C(=O)Nc1ccc(C(N)=O)cc1)c1ccccc1OC(=O)c1ccc(C)cc1. The summed E-state index contributed by atoms with van der Waals surface area (Å²) in [6.07, 6.45) is 0. The van der Waals surface area contributed by atoms with Gasteiger partial charge in [-0.1, -0.05) is 29.8 Å². The van der Waals surface area contributed by atoms with Gasteiger partial charge in [0.05, 0.1) is 11.3 Å². The fourth-order valence-electron chi connectivity index (χ4n) is 2.85. The highest BCUT2D eigenvalue weighted by Crippen LogP contribution is 2.20. The number of nitrogens with one attached hydrogen (secondary N) is 2. The lowest BCUT2D eigenvalue weighted by molar-refractivity contribution is -0.136. The second kappa shape index (κ2) is 10.7. The number of anilines is 1. The Labute approximate surface area is 195 Å². The van der Waals surface area contributed by atoms with Crippen LogP contribution >= 0.6 is 0 Å². The highest BCUT2D eigenvalue weighted by molar-refractivity contribution is 6.39. The Balaban J connectivity index is 1.66. The maximum Gasteiger partial charge on any atom is 0.343 e. The molecule has 0 unspecified atom stereocenters. The van der Waals surface area contributed by atoms with Crippen molar-refractivity contribution in [2.45, 2.75) is 13.8 Å². The van der Waals surface area contributed by atoms with Crippen LogP contribution in [-0.2, 0) is 9.59 Å². The predicted molar refractivity (Wildman–Crippen MR) is 127 cm³/mol. The Morgan fingerprint density at radius 3 is 2.09 bits per heavy atom. The Bertz CT molecular complexity index is 1270. The van der Waals surface area contributed by atoms with E-state index in [4.69, 9.17) is 10.5 Å². The smallest absolute Gasteiger partial charge is 0.343 e. The van der Waals surface area contributed by atoms with Crippen molar-refractivity contribution in [2.75, 3.05) is 5.32 Å². The summed E-state index contributed by atoms with van der Waals surface area (Å²) in [7, 11) is 0. The molecule has 34 heavy (non-hydrogen) atoms. The number of hydrogen-bond acceptors (Lipinski definition) is 6. The average molecular weight is 458 g/mol. The van der Waals surface area contributed by atoms with Gasteiger partial charge < -0.3 is 15.8 Å². The minimum absolute atomic E-state index is 0.252. The molecular weight excluding hydrogens is 436 g/mol. The third-order valence-corrected chi connectivity index (χ3v) is 4.73. The number of primary amides is 1. The largest absolute Gasteiger partial charge is 0.422 e. The number of nitrogens with two attached hydrogens (primary N) is 1. The fraction of sp³-hybridized carbons (Fsp3) is 0.0800. The Morgan fingerprint density at radius 1 is 0.824 bits per heavy atom. The minimum Gasteiger partial charge on any atom is -0.422 e. The molecule has 3 amide bonds. The van der Waals surface area contributed by atoms with E-state index in [1.807, 2.05) is 19.1 Å². The monoisotopic (exact) mass is 458 g/mol. The van der Waals surface area contributed by atoms with Crippen molar-refractivity contribution in [1.29, 1.82) is 0 Å². The normalized spacial score (nSPS) is 10.8. The first-order valence-electron chi connectivity index (χ1n) is 10.2. The van der Waals surface area contributed by atoms with Gasteiger partial charge in [-0.25, -0.2) is 10.2 Å². The van der Waals surface area contributed by atoms with Crippen molar-refractivity contribution in [3.63, 3.8) is 0 Å². The zero-order valence-electron chi connectivity index (χ0n) is 18.5. The first kappa shape index (κ1) is 23.9. The molecule has 0 heterocycles. The van der Waals surface area contributed by atoms with Gasteiger partial charge in [0.1, 0.15) is 5.75 Å². The highest BCUT2D eigenvalue weighted by Gasteiger charge is 2.16. The number of carbonyl (C=O) groups excluding carboxylic acids is 4. The van der Waals surface area contributed by atoms with Gasteiger partial charge in [0.15, 0.2) is 0 Å². The van der Waals surface area contributed by atoms with Gasteiger partial charge in [-0.2, -0.15) is 5.10 Å². The lowest BCUT2D eigenvalue weighted by Gasteiger charge is -2.10. The molecule has 0 aromatic heterocycles. The van der Waals surface area contributed by atoms with Gasteiger partial charge >= 0.3 is 17.8 Å². The number of rotatable bonds is 6. The number of hydrazone groups is 1. The molecule has 0 fully saturated rings. The third-order valence-electron chi connectivity index (χ3n) is 4.73. The van der Waals surface area contributed by atoms with E-state index in [-0.39, 0.29) is 11.3 Å². The Hall–Kier alpha value is -4.79. The molecule has 0 spiro atoms. The van der Waals surface area contributed by atoms with Crippen LogP contribution in [0, 0.1) is 6.92 Å². The van der Waals surface area contributed by atoms with Gasteiger partial charge in [0, 0.05) is 16.8 Å². The topological polar surface area (TPSA) is 140 Å². The number of ether oxygens (including phenoxy) is 1. The third kappa shape index (κ3) is 6.13. The zero-order chi connectivity index (χ0) is 24.7. The van der Waals surface area contributed by atoms with E-state index in [2.05, 4.69) is 15.8 Å². The second-order valence-electron chi connectivity index (χ2n) is 7.29. The molecule has 9 heteroatoms. The van der Waals surface area contributed by atoms with Gasteiger partial charge in [-0.3, -0.25) is 14.4 Å². The van der Waals surface area contributed by atoms with E-state index in [1.165, 1.54) is 24.3 Å². The maximum absolute atomic E-state index is 12.5. The quantitative estimate of drug-likeness (QED) is 0.171. The van der Waals surface area contributed by atoms with Crippen LogP contribution in [0.25, 0.3) is 0 Å². The summed E-state index contributed by atoms with van der Waals surface area (Å²) >= 11 is 0. The van der Waals surface area contributed by atoms with Crippen molar-refractivity contribution in [1.82, 2.24) is 5.43 Å². The molecule has 3 aromatic carbocycles. The van der Waals surface area contributed by atoms with Gasteiger partial charge in [0.2, 0.25) is 5.91 Å². The summed E-state index contributed by atoms with van der Waals surface area (Å²) in [6, 6.07) is 19.4. The molecule has 0 aliphatic carbocycles. The number of benzene rings is 3. The number of esters is 1. The van der Waals surface area contributed by atoms with Crippen molar-refractivity contribution in [3.8, 4) is 5.75 Å². The molecule has 0 aliphatic heterocycles. The summed E-state index contributed by atoms with van der Waals surface area (Å²) in [6.45, 7) is 3.51. The van der Waals surface area contributed by atoms with Crippen molar-refractivity contribution < 1.29 is 23.9 Å². The minimum atomic E-state index is -1.01. The van der Waals surface area contributed by atoms with Crippen LogP contribution in [-0.4, -0.2) is 29.4 Å². The number of nitrogens with zero attached hydrogens (tertiary/aromatic N) is 1. The molecule has 0 saturated carbocycles. The standard InChI is InChI=1S/C25H22N4O5/c1-15-7-9-18(10-8-15)25(33)34-21-6-4-3-5-20(21)16(2)28-29-24(32)23(31)27-19-13-11-17(12-14-19)22(26)30/h3-14H,1-2H3,(H2,26,30)(H,27,31)(H,29,32). The summed E-state index contributed by atoms with van der Waals surface area (Å²) in [4.78, 5) is 47.8. The second-order valence-corrected chi connectivity index (χ2v) is 7.29. The molecule has 172 valence electrons. The number of amides is 3. The lowest BCUT2D eigenvalue weighted by Crippen LogP contribution is -2.33. The van der Waals surface area contributed by atoms with E-state index in [0.717, 1.165) is 5.56 Å². The number of para-hydroxylation sites is 1. The summed E-state index contributed by atoms with van der Waals surface area (Å²) < 4.78 is 5.51. The van der Waals surface area contributed by atoms with Crippen LogP contribution in [0.2, 0.25) is 0 Å². The van der Waals surface area contributed by atoms with Crippen LogP contribution in [0.1, 0.15) is 38.8 Å². The molecule has 0 bridgehead atoms. The Morgan fingerprint density at radius 2 is 1.44 bits per heavy atom. The molecular formula is C25H22N4O5. The zero-order valence-corrected chi connectivity index (χ0v) is 18.5.